The van der Waals surface area contributed by atoms with Crippen molar-refractivity contribution in [3.63, 3.8) is 0 Å². The summed E-state index contributed by atoms with van der Waals surface area (Å²) in [6.07, 6.45) is 3.99. The molecule has 0 saturated carbocycles. The topological polar surface area (TPSA) is 68.2 Å². The first-order valence-corrected chi connectivity index (χ1v) is 6.88. The third-order valence-corrected chi connectivity index (χ3v) is 3.40. The molecule has 0 aliphatic carbocycles. The zero-order chi connectivity index (χ0) is 14.7. The average molecular weight is 284 g/mol. The first-order valence-electron chi connectivity index (χ1n) is 6.88. The van der Waals surface area contributed by atoms with Crippen molar-refractivity contribution in [3.05, 3.63) is 47.9 Å². The third-order valence-electron chi connectivity index (χ3n) is 3.40. The lowest BCUT2D eigenvalue weighted by Crippen LogP contribution is -2.31. The zero-order valence-electron chi connectivity index (χ0n) is 11.8. The van der Waals surface area contributed by atoms with Crippen molar-refractivity contribution in [1.82, 2.24) is 20.1 Å². The summed E-state index contributed by atoms with van der Waals surface area (Å²) in [5, 5.41) is 7.94. The molecular weight excluding hydrogens is 268 g/mol. The molecule has 6 nitrogen and oxygen atoms in total. The second kappa shape index (κ2) is 5.87. The number of hydrogen-bond acceptors (Lipinski definition) is 5. The van der Waals surface area contributed by atoms with Gasteiger partial charge in [0.25, 0.3) is 5.91 Å². The van der Waals surface area contributed by atoms with Crippen LogP contribution in [0.3, 0.4) is 0 Å². The number of pyridine rings is 1. The van der Waals surface area contributed by atoms with Crippen molar-refractivity contribution in [2.75, 3.05) is 13.1 Å². The first kappa shape index (κ1) is 13.5. The average Bonchev–Trinajstić information content (AvgIpc) is 2.98. The van der Waals surface area contributed by atoms with E-state index in [2.05, 4.69) is 15.2 Å². The van der Waals surface area contributed by atoms with Gasteiger partial charge in [0, 0.05) is 31.4 Å². The van der Waals surface area contributed by atoms with Crippen molar-refractivity contribution in [2.24, 2.45) is 0 Å². The Labute approximate surface area is 122 Å². The first-order chi connectivity index (χ1) is 10.2. The van der Waals surface area contributed by atoms with Gasteiger partial charge in [0.1, 0.15) is 6.10 Å². The fourth-order valence-corrected chi connectivity index (χ4v) is 2.30. The Morgan fingerprint density at radius 2 is 2.24 bits per heavy atom. The van der Waals surface area contributed by atoms with Crippen LogP contribution >= 0.6 is 0 Å². The van der Waals surface area contributed by atoms with Crippen LogP contribution in [0.2, 0.25) is 0 Å². The van der Waals surface area contributed by atoms with E-state index in [1.807, 2.05) is 13.0 Å². The predicted molar refractivity (Wildman–Crippen MR) is 75.9 cm³/mol. The van der Waals surface area contributed by atoms with Gasteiger partial charge in [0.2, 0.25) is 5.88 Å². The normalized spacial score (nSPS) is 17.8. The molecule has 1 amide bonds. The smallest absolute Gasteiger partial charge is 0.255 e. The van der Waals surface area contributed by atoms with E-state index >= 15 is 0 Å². The molecule has 1 fully saturated rings. The van der Waals surface area contributed by atoms with Gasteiger partial charge in [-0.25, -0.2) is 0 Å². The molecule has 0 spiro atoms. The molecule has 2 aromatic heterocycles. The number of rotatable bonds is 3. The highest BCUT2D eigenvalue weighted by Crippen LogP contribution is 2.18. The lowest BCUT2D eigenvalue weighted by Gasteiger charge is -2.16. The molecular formula is C15H16N4O2. The Morgan fingerprint density at radius 1 is 1.33 bits per heavy atom. The van der Waals surface area contributed by atoms with E-state index in [1.54, 1.807) is 35.5 Å². The standard InChI is InChI=1S/C15H16N4O2/c1-11-4-5-14(18-17-11)21-13-6-8-19(10-13)15(20)12-3-2-7-16-9-12/h2-5,7,9,13H,6,8,10H2,1H3. The van der Waals surface area contributed by atoms with Crippen molar-refractivity contribution in [3.8, 4) is 5.88 Å². The van der Waals surface area contributed by atoms with E-state index in [0.717, 1.165) is 12.1 Å². The Kier molecular flexibility index (Phi) is 3.77. The Bertz CT molecular complexity index is 615. The lowest BCUT2D eigenvalue weighted by atomic mass is 10.2. The molecule has 1 saturated heterocycles. The van der Waals surface area contributed by atoms with E-state index in [4.69, 9.17) is 4.74 Å². The quantitative estimate of drug-likeness (QED) is 0.854. The van der Waals surface area contributed by atoms with Gasteiger partial charge in [-0.2, -0.15) is 5.10 Å². The molecule has 0 radical (unpaired) electrons. The number of carbonyl (C=O) groups excluding carboxylic acids is 1. The molecule has 2 aromatic rings. The van der Waals surface area contributed by atoms with Gasteiger partial charge in [-0.05, 0) is 25.1 Å². The summed E-state index contributed by atoms with van der Waals surface area (Å²) in [6, 6.07) is 7.19. The summed E-state index contributed by atoms with van der Waals surface area (Å²) in [5.41, 5.74) is 1.45. The van der Waals surface area contributed by atoms with Gasteiger partial charge in [0.05, 0.1) is 17.8 Å². The number of likely N-dealkylation sites (tertiary alicyclic amines) is 1. The van der Waals surface area contributed by atoms with Crippen LogP contribution in [0.5, 0.6) is 5.88 Å². The third kappa shape index (κ3) is 3.16. The van der Waals surface area contributed by atoms with Crippen LogP contribution in [0.1, 0.15) is 22.5 Å². The highest BCUT2D eigenvalue weighted by Gasteiger charge is 2.28. The molecule has 1 aliphatic rings. The molecule has 0 aromatic carbocycles. The van der Waals surface area contributed by atoms with Crippen molar-refractivity contribution in [1.29, 1.82) is 0 Å². The van der Waals surface area contributed by atoms with E-state index in [9.17, 15) is 4.79 Å². The summed E-state index contributed by atoms with van der Waals surface area (Å²) in [7, 11) is 0. The number of amides is 1. The second-order valence-electron chi connectivity index (χ2n) is 5.03. The molecule has 6 heteroatoms. The summed E-state index contributed by atoms with van der Waals surface area (Å²) in [5.74, 6) is 0.491. The van der Waals surface area contributed by atoms with Gasteiger partial charge >= 0.3 is 0 Å². The minimum atomic E-state index is -0.0392. The Balaban J connectivity index is 1.60. The summed E-state index contributed by atoms with van der Waals surface area (Å²) in [4.78, 5) is 18.0. The summed E-state index contributed by atoms with van der Waals surface area (Å²) in [6.45, 7) is 3.11. The molecule has 1 aliphatic heterocycles. The molecule has 0 bridgehead atoms. The van der Waals surface area contributed by atoms with Crippen LogP contribution in [0.25, 0.3) is 0 Å². The van der Waals surface area contributed by atoms with Crippen molar-refractivity contribution >= 4 is 5.91 Å². The van der Waals surface area contributed by atoms with E-state index in [1.165, 1.54) is 0 Å². The zero-order valence-corrected chi connectivity index (χ0v) is 11.8. The van der Waals surface area contributed by atoms with Gasteiger partial charge in [-0.3, -0.25) is 9.78 Å². The van der Waals surface area contributed by atoms with Gasteiger partial charge in [-0.1, -0.05) is 0 Å². The minimum Gasteiger partial charge on any atom is -0.471 e. The van der Waals surface area contributed by atoms with Gasteiger partial charge in [-0.15, -0.1) is 5.10 Å². The molecule has 108 valence electrons. The van der Waals surface area contributed by atoms with E-state index < -0.39 is 0 Å². The Hall–Kier alpha value is -2.50. The molecule has 1 atom stereocenters. The van der Waals surface area contributed by atoms with Crippen molar-refractivity contribution in [2.45, 2.75) is 19.4 Å². The second-order valence-corrected chi connectivity index (χ2v) is 5.03. The molecule has 0 N–H and O–H groups in total. The SMILES string of the molecule is Cc1ccc(OC2CCN(C(=O)c3cccnc3)C2)nn1. The number of aryl methyl sites for hydroxylation is 1. The fraction of sp³-hybridized carbons (Fsp3) is 0.333. The highest BCUT2D eigenvalue weighted by atomic mass is 16.5. The molecule has 3 rings (SSSR count). The van der Waals surface area contributed by atoms with Crippen LogP contribution in [0, 0.1) is 6.92 Å². The molecule has 1 unspecified atom stereocenters. The number of ether oxygens (including phenoxy) is 1. The number of carbonyl (C=O) groups is 1. The van der Waals surface area contributed by atoms with Crippen LogP contribution in [0.15, 0.2) is 36.7 Å². The minimum absolute atomic E-state index is 0.0100. The molecule has 3 heterocycles. The van der Waals surface area contributed by atoms with E-state index in [0.29, 0.717) is 24.5 Å². The highest BCUT2D eigenvalue weighted by molar-refractivity contribution is 5.94. The monoisotopic (exact) mass is 284 g/mol. The summed E-state index contributed by atoms with van der Waals surface area (Å²) >= 11 is 0. The molecule has 21 heavy (non-hydrogen) atoms. The van der Waals surface area contributed by atoms with E-state index in [-0.39, 0.29) is 12.0 Å². The largest absolute Gasteiger partial charge is 0.471 e. The lowest BCUT2D eigenvalue weighted by molar-refractivity contribution is 0.0770. The Morgan fingerprint density at radius 3 is 2.95 bits per heavy atom. The number of hydrogen-bond donors (Lipinski definition) is 0. The van der Waals surface area contributed by atoms with Gasteiger partial charge < -0.3 is 9.64 Å². The summed E-state index contributed by atoms with van der Waals surface area (Å²) < 4.78 is 5.76. The fourth-order valence-electron chi connectivity index (χ4n) is 2.30. The van der Waals surface area contributed by atoms with Crippen LogP contribution in [-0.4, -0.2) is 45.2 Å². The van der Waals surface area contributed by atoms with Gasteiger partial charge in [0.15, 0.2) is 0 Å². The van der Waals surface area contributed by atoms with Crippen LogP contribution in [0.4, 0.5) is 0 Å². The van der Waals surface area contributed by atoms with Crippen molar-refractivity contribution < 1.29 is 9.53 Å². The maximum atomic E-state index is 12.3. The van der Waals surface area contributed by atoms with Crippen LogP contribution < -0.4 is 4.74 Å². The number of aromatic nitrogens is 3. The van der Waals surface area contributed by atoms with Crippen LogP contribution in [-0.2, 0) is 0 Å². The maximum absolute atomic E-state index is 12.3. The maximum Gasteiger partial charge on any atom is 0.255 e. The number of nitrogens with zero attached hydrogens (tertiary/aromatic N) is 4. The predicted octanol–water partition coefficient (Wildman–Crippen LogP) is 1.47.